The number of hydrogen-bond donors (Lipinski definition) is 1. The van der Waals surface area contributed by atoms with Crippen molar-refractivity contribution in [2.45, 2.75) is 52.2 Å². The quantitative estimate of drug-likeness (QED) is 0.813. The number of ether oxygens (including phenoxy) is 1. The van der Waals surface area contributed by atoms with E-state index in [1.807, 2.05) is 20.9 Å². The van der Waals surface area contributed by atoms with Crippen LogP contribution >= 0.6 is 0 Å². The van der Waals surface area contributed by atoms with Gasteiger partial charge in [0.15, 0.2) is 0 Å². The predicted octanol–water partition coefficient (Wildman–Crippen LogP) is 1.63. The van der Waals surface area contributed by atoms with Gasteiger partial charge in [-0.15, -0.1) is 0 Å². The molecular weight excluding hydrogens is 228 g/mol. The molecule has 0 aliphatic heterocycles. The van der Waals surface area contributed by atoms with E-state index in [-0.39, 0.29) is 24.0 Å². The summed E-state index contributed by atoms with van der Waals surface area (Å²) in [4.78, 5) is 14.0. The average molecular weight is 256 g/mol. The smallest absolute Gasteiger partial charge is 0.225 e. The Morgan fingerprint density at radius 3 is 2.67 bits per heavy atom. The van der Waals surface area contributed by atoms with Crippen LogP contribution < -0.4 is 5.73 Å². The highest BCUT2D eigenvalue weighted by Crippen LogP contribution is 2.28. The van der Waals surface area contributed by atoms with E-state index in [1.54, 1.807) is 4.90 Å². The molecule has 0 aromatic carbocycles. The van der Waals surface area contributed by atoms with Crippen LogP contribution in [0.5, 0.6) is 0 Å². The van der Waals surface area contributed by atoms with Gasteiger partial charge in [-0.05, 0) is 39.0 Å². The molecule has 3 atom stereocenters. The van der Waals surface area contributed by atoms with Crippen molar-refractivity contribution in [3.63, 3.8) is 0 Å². The lowest BCUT2D eigenvalue weighted by molar-refractivity contribution is -0.136. The number of rotatable bonds is 5. The molecule has 1 aliphatic rings. The van der Waals surface area contributed by atoms with E-state index in [2.05, 4.69) is 6.92 Å². The number of carbonyl (C=O) groups excluding carboxylic acids is 1. The van der Waals surface area contributed by atoms with E-state index < -0.39 is 0 Å². The average Bonchev–Trinajstić information content (AvgIpc) is 2.31. The normalized spacial score (nSPS) is 28.4. The van der Waals surface area contributed by atoms with E-state index >= 15 is 0 Å². The van der Waals surface area contributed by atoms with Crippen LogP contribution in [0, 0.1) is 11.8 Å². The molecule has 1 amide bonds. The third-order valence-corrected chi connectivity index (χ3v) is 3.86. The zero-order valence-corrected chi connectivity index (χ0v) is 12.2. The maximum atomic E-state index is 12.2. The summed E-state index contributed by atoms with van der Waals surface area (Å²) in [7, 11) is 1.86. The van der Waals surface area contributed by atoms with E-state index in [1.165, 1.54) is 0 Å². The summed E-state index contributed by atoms with van der Waals surface area (Å²) in [6.07, 6.45) is 3.09. The molecule has 106 valence electrons. The Kier molecular flexibility index (Phi) is 6.09. The Bertz CT molecular complexity index is 269. The number of nitrogens with two attached hydrogens (primary N) is 1. The van der Waals surface area contributed by atoms with Crippen molar-refractivity contribution in [1.82, 2.24) is 4.90 Å². The van der Waals surface area contributed by atoms with E-state index in [9.17, 15) is 4.79 Å². The van der Waals surface area contributed by atoms with Gasteiger partial charge in [0.2, 0.25) is 5.91 Å². The number of amides is 1. The van der Waals surface area contributed by atoms with Crippen LogP contribution in [0.4, 0.5) is 0 Å². The molecule has 1 aliphatic carbocycles. The lowest BCUT2D eigenvalue weighted by Gasteiger charge is -2.33. The highest BCUT2D eigenvalue weighted by Gasteiger charge is 2.30. The highest BCUT2D eigenvalue weighted by molar-refractivity contribution is 5.78. The first-order chi connectivity index (χ1) is 8.41. The van der Waals surface area contributed by atoms with Crippen molar-refractivity contribution in [2.75, 3.05) is 20.2 Å². The van der Waals surface area contributed by atoms with Gasteiger partial charge in [0.25, 0.3) is 0 Å². The zero-order chi connectivity index (χ0) is 13.7. The van der Waals surface area contributed by atoms with Gasteiger partial charge in [-0.25, -0.2) is 0 Å². The summed E-state index contributed by atoms with van der Waals surface area (Å²) < 4.78 is 5.47. The van der Waals surface area contributed by atoms with E-state index in [4.69, 9.17) is 10.5 Å². The number of likely N-dealkylation sites (N-methyl/N-ethyl adjacent to an activating group) is 1. The Labute approximate surface area is 111 Å². The number of nitrogens with zero attached hydrogens (tertiary/aromatic N) is 1. The summed E-state index contributed by atoms with van der Waals surface area (Å²) in [5.41, 5.74) is 6.05. The Morgan fingerprint density at radius 1 is 1.44 bits per heavy atom. The van der Waals surface area contributed by atoms with Crippen LogP contribution in [0.25, 0.3) is 0 Å². The molecule has 0 bridgehead atoms. The maximum Gasteiger partial charge on any atom is 0.225 e. The largest absolute Gasteiger partial charge is 0.377 e. The van der Waals surface area contributed by atoms with Crippen LogP contribution in [0.15, 0.2) is 0 Å². The molecule has 3 unspecified atom stereocenters. The van der Waals surface area contributed by atoms with Crippen molar-refractivity contribution < 1.29 is 9.53 Å². The van der Waals surface area contributed by atoms with Gasteiger partial charge in [0.05, 0.1) is 12.7 Å². The molecule has 0 heterocycles. The summed E-state index contributed by atoms with van der Waals surface area (Å²) in [6.45, 7) is 7.45. The lowest BCUT2D eigenvalue weighted by atomic mass is 9.79. The van der Waals surface area contributed by atoms with Gasteiger partial charge in [0, 0.05) is 25.6 Å². The SMILES string of the molecule is CC(C)OCCN(C)C(=O)C1CCC(C)C(N)C1. The minimum absolute atomic E-state index is 0.111. The molecular formula is C14H28N2O2. The minimum Gasteiger partial charge on any atom is -0.377 e. The molecule has 0 spiro atoms. The third-order valence-electron chi connectivity index (χ3n) is 3.86. The molecule has 0 aromatic rings. The van der Waals surface area contributed by atoms with E-state index in [0.29, 0.717) is 19.1 Å². The molecule has 0 aromatic heterocycles. The Hall–Kier alpha value is -0.610. The second-order valence-corrected chi connectivity index (χ2v) is 5.83. The van der Waals surface area contributed by atoms with Crippen LogP contribution in [0.2, 0.25) is 0 Å². The van der Waals surface area contributed by atoms with Crippen LogP contribution in [0.1, 0.15) is 40.0 Å². The van der Waals surface area contributed by atoms with Gasteiger partial charge in [-0.1, -0.05) is 6.92 Å². The molecule has 0 radical (unpaired) electrons. The second-order valence-electron chi connectivity index (χ2n) is 5.83. The molecule has 2 N–H and O–H groups in total. The van der Waals surface area contributed by atoms with Gasteiger partial charge in [-0.2, -0.15) is 0 Å². The molecule has 4 nitrogen and oxygen atoms in total. The van der Waals surface area contributed by atoms with Crippen LogP contribution in [0.3, 0.4) is 0 Å². The van der Waals surface area contributed by atoms with Gasteiger partial charge < -0.3 is 15.4 Å². The van der Waals surface area contributed by atoms with Crippen molar-refractivity contribution in [3.8, 4) is 0 Å². The summed E-state index contributed by atoms with van der Waals surface area (Å²) in [5.74, 6) is 0.883. The molecule has 1 fully saturated rings. The maximum absolute atomic E-state index is 12.2. The fourth-order valence-electron chi connectivity index (χ4n) is 2.43. The molecule has 4 heteroatoms. The fraction of sp³-hybridized carbons (Fsp3) is 0.929. The molecule has 1 rings (SSSR count). The summed E-state index contributed by atoms with van der Waals surface area (Å²) >= 11 is 0. The zero-order valence-electron chi connectivity index (χ0n) is 12.2. The van der Waals surface area contributed by atoms with Gasteiger partial charge in [0.1, 0.15) is 0 Å². The van der Waals surface area contributed by atoms with Crippen molar-refractivity contribution in [2.24, 2.45) is 17.6 Å². The molecule has 1 saturated carbocycles. The monoisotopic (exact) mass is 256 g/mol. The van der Waals surface area contributed by atoms with Crippen LogP contribution in [-0.4, -0.2) is 43.2 Å². The van der Waals surface area contributed by atoms with Crippen molar-refractivity contribution in [3.05, 3.63) is 0 Å². The third kappa shape index (κ3) is 4.58. The second kappa shape index (κ2) is 7.10. The van der Waals surface area contributed by atoms with Crippen molar-refractivity contribution >= 4 is 5.91 Å². The summed E-state index contributed by atoms with van der Waals surface area (Å²) in [5, 5.41) is 0. The standard InChI is InChI=1S/C14H28N2O2/c1-10(2)18-8-7-16(4)14(17)12-6-5-11(3)13(15)9-12/h10-13H,5-9,15H2,1-4H3. The number of carbonyl (C=O) groups is 1. The number of hydrogen-bond acceptors (Lipinski definition) is 3. The Morgan fingerprint density at radius 2 is 2.11 bits per heavy atom. The van der Waals surface area contributed by atoms with Crippen LogP contribution in [-0.2, 0) is 9.53 Å². The first-order valence-corrected chi connectivity index (χ1v) is 7.04. The highest BCUT2D eigenvalue weighted by atomic mass is 16.5. The molecule has 18 heavy (non-hydrogen) atoms. The van der Waals surface area contributed by atoms with Gasteiger partial charge >= 0.3 is 0 Å². The summed E-state index contributed by atoms with van der Waals surface area (Å²) in [6, 6.07) is 0.174. The minimum atomic E-state index is 0.111. The topological polar surface area (TPSA) is 55.6 Å². The Balaban J connectivity index is 2.34. The van der Waals surface area contributed by atoms with Gasteiger partial charge in [-0.3, -0.25) is 4.79 Å². The first kappa shape index (κ1) is 15.4. The predicted molar refractivity (Wildman–Crippen MR) is 73.2 cm³/mol. The fourth-order valence-corrected chi connectivity index (χ4v) is 2.43. The van der Waals surface area contributed by atoms with E-state index in [0.717, 1.165) is 19.3 Å². The molecule has 0 saturated heterocycles. The first-order valence-electron chi connectivity index (χ1n) is 7.04. The lowest BCUT2D eigenvalue weighted by Crippen LogP contribution is -2.42. The van der Waals surface area contributed by atoms with Crippen molar-refractivity contribution in [1.29, 1.82) is 0 Å².